The van der Waals surface area contributed by atoms with E-state index in [0.29, 0.717) is 17.9 Å². The van der Waals surface area contributed by atoms with Gasteiger partial charge in [0, 0.05) is 22.8 Å². The minimum absolute atomic E-state index is 0.439. The molecule has 0 spiro atoms. The molecular weight excluding hydrogens is 322 g/mol. The van der Waals surface area contributed by atoms with Crippen molar-refractivity contribution in [3.8, 4) is 11.5 Å². The van der Waals surface area contributed by atoms with Crippen LogP contribution >= 0.6 is 15.9 Å². The molecule has 0 bridgehead atoms. The summed E-state index contributed by atoms with van der Waals surface area (Å²) >= 11 is 3.45. The van der Waals surface area contributed by atoms with E-state index in [0.717, 1.165) is 15.7 Å². The molecule has 1 N–H and O–H groups in total. The topological polar surface area (TPSA) is 51.6 Å². The highest BCUT2D eigenvalue weighted by molar-refractivity contribution is 9.10. The van der Waals surface area contributed by atoms with Gasteiger partial charge in [-0.2, -0.15) is 0 Å². The Labute approximate surface area is 126 Å². The molecule has 1 aromatic heterocycles. The molecule has 5 heteroatoms. The van der Waals surface area contributed by atoms with E-state index in [9.17, 15) is 5.11 Å². The van der Waals surface area contributed by atoms with Crippen molar-refractivity contribution in [2.75, 3.05) is 14.2 Å². The average molecular weight is 338 g/mol. The third-order valence-electron chi connectivity index (χ3n) is 2.99. The van der Waals surface area contributed by atoms with Crippen LogP contribution in [0.4, 0.5) is 0 Å². The van der Waals surface area contributed by atoms with Gasteiger partial charge in [-0.25, -0.2) is 0 Å². The number of methoxy groups -OCH3 is 2. The van der Waals surface area contributed by atoms with Gasteiger partial charge in [-0.1, -0.05) is 22.0 Å². The summed E-state index contributed by atoms with van der Waals surface area (Å²) in [7, 11) is 3.15. The molecule has 1 atom stereocenters. The molecule has 0 aliphatic heterocycles. The zero-order chi connectivity index (χ0) is 14.5. The summed E-state index contributed by atoms with van der Waals surface area (Å²) in [5.74, 6) is 1.21. The summed E-state index contributed by atoms with van der Waals surface area (Å²) in [5.41, 5.74) is 1.58. The Balaban J connectivity index is 2.27. The molecule has 1 unspecified atom stereocenters. The lowest BCUT2D eigenvalue weighted by molar-refractivity contribution is 0.176. The minimum Gasteiger partial charge on any atom is -0.493 e. The molecule has 4 nitrogen and oxygen atoms in total. The summed E-state index contributed by atoms with van der Waals surface area (Å²) in [6.07, 6.45) is 1.49. The Kier molecular flexibility index (Phi) is 4.98. The molecule has 0 saturated heterocycles. The van der Waals surface area contributed by atoms with Gasteiger partial charge in [0.05, 0.1) is 20.3 Å². The van der Waals surface area contributed by atoms with Crippen molar-refractivity contribution >= 4 is 15.9 Å². The van der Waals surface area contributed by atoms with Crippen LogP contribution in [0.1, 0.15) is 17.4 Å². The molecule has 0 fully saturated rings. The highest BCUT2D eigenvalue weighted by Gasteiger charge is 2.17. The van der Waals surface area contributed by atoms with Crippen LogP contribution in [0.3, 0.4) is 0 Å². The molecule has 1 heterocycles. The highest BCUT2D eigenvalue weighted by atomic mass is 79.9. The molecular formula is C15H16BrNO3. The quantitative estimate of drug-likeness (QED) is 0.910. The smallest absolute Gasteiger partial charge is 0.161 e. The Morgan fingerprint density at radius 3 is 2.50 bits per heavy atom. The van der Waals surface area contributed by atoms with Gasteiger partial charge in [0.15, 0.2) is 11.5 Å². The van der Waals surface area contributed by atoms with Crippen molar-refractivity contribution in [3.63, 3.8) is 0 Å². The lowest BCUT2D eigenvalue weighted by Crippen LogP contribution is -2.05. The first kappa shape index (κ1) is 14.8. The Hall–Kier alpha value is -1.59. The average Bonchev–Trinajstić information content (AvgIpc) is 2.47. The Morgan fingerprint density at radius 2 is 1.90 bits per heavy atom. The van der Waals surface area contributed by atoms with Crippen molar-refractivity contribution in [1.29, 1.82) is 0 Å². The van der Waals surface area contributed by atoms with Gasteiger partial charge in [0.25, 0.3) is 0 Å². The molecule has 2 rings (SSSR count). The summed E-state index contributed by atoms with van der Waals surface area (Å²) in [6.45, 7) is 0. The number of halogens is 1. The molecule has 0 saturated carbocycles. The maximum absolute atomic E-state index is 10.4. The third kappa shape index (κ3) is 3.29. The fraction of sp³-hybridized carbons (Fsp3) is 0.267. The lowest BCUT2D eigenvalue weighted by atomic mass is 10.0. The van der Waals surface area contributed by atoms with E-state index in [1.807, 2.05) is 18.2 Å². The van der Waals surface area contributed by atoms with Crippen LogP contribution in [0.5, 0.6) is 11.5 Å². The summed E-state index contributed by atoms with van der Waals surface area (Å²) in [4.78, 5) is 4.22. The third-order valence-corrected chi connectivity index (χ3v) is 3.68. The van der Waals surface area contributed by atoms with Gasteiger partial charge in [-0.3, -0.25) is 4.98 Å². The van der Waals surface area contributed by atoms with Crippen LogP contribution in [0, 0.1) is 0 Å². The molecule has 0 radical (unpaired) electrons. The SMILES string of the molecule is COc1cc(Br)c(C(O)Cc2ccccn2)cc1OC. The van der Waals surface area contributed by atoms with Gasteiger partial charge in [0.1, 0.15) is 0 Å². The number of nitrogens with zero attached hydrogens (tertiary/aromatic N) is 1. The van der Waals surface area contributed by atoms with E-state index < -0.39 is 6.10 Å². The lowest BCUT2D eigenvalue weighted by Gasteiger charge is -2.16. The molecule has 2 aromatic rings. The predicted molar refractivity (Wildman–Crippen MR) is 80.1 cm³/mol. The summed E-state index contributed by atoms with van der Waals surface area (Å²) < 4.78 is 11.3. The predicted octanol–water partition coefficient (Wildman–Crippen LogP) is 3.14. The number of hydrogen-bond acceptors (Lipinski definition) is 4. The minimum atomic E-state index is -0.668. The normalized spacial score (nSPS) is 12.0. The van der Waals surface area contributed by atoms with E-state index in [4.69, 9.17) is 9.47 Å². The second kappa shape index (κ2) is 6.72. The highest BCUT2D eigenvalue weighted by Crippen LogP contribution is 2.36. The first-order chi connectivity index (χ1) is 9.65. The largest absolute Gasteiger partial charge is 0.493 e. The van der Waals surface area contributed by atoms with Crippen molar-refractivity contribution < 1.29 is 14.6 Å². The van der Waals surface area contributed by atoms with Crippen LogP contribution in [0.2, 0.25) is 0 Å². The number of ether oxygens (including phenoxy) is 2. The van der Waals surface area contributed by atoms with Crippen LogP contribution in [0.15, 0.2) is 41.0 Å². The van der Waals surface area contributed by atoms with E-state index in [1.54, 1.807) is 32.5 Å². The molecule has 0 aliphatic carbocycles. The molecule has 0 aliphatic rings. The van der Waals surface area contributed by atoms with Gasteiger partial charge in [-0.15, -0.1) is 0 Å². The number of aromatic nitrogens is 1. The number of rotatable bonds is 5. The second-order valence-corrected chi connectivity index (χ2v) is 5.12. The van der Waals surface area contributed by atoms with Crippen LogP contribution in [-0.4, -0.2) is 24.3 Å². The maximum Gasteiger partial charge on any atom is 0.161 e. The van der Waals surface area contributed by atoms with Crippen molar-refractivity contribution in [3.05, 3.63) is 52.3 Å². The van der Waals surface area contributed by atoms with Gasteiger partial charge in [0.2, 0.25) is 0 Å². The van der Waals surface area contributed by atoms with Crippen LogP contribution in [0.25, 0.3) is 0 Å². The van der Waals surface area contributed by atoms with E-state index in [2.05, 4.69) is 20.9 Å². The molecule has 0 amide bonds. The number of pyridine rings is 1. The number of benzene rings is 1. The number of aliphatic hydroxyl groups is 1. The summed E-state index contributed by atoms with van der Waals surface area (Å²) in [5, 5.41) is 10.4. The molecule has 106 valence electrons. The van der Waals surface area contributed by atoms with Gasteiger partial charge >= 0.3 is 0 Å². The van der Waals surface area contributed by atoms with Gasteiger partial charge in [-0.05, 0) is 29.8 Å². The Morgan fingerprint density at radius 1 is 1.20 bits per heavy atom. The van der Waals surface area contributed by atoms with E-state index in [-0.39, 0.29) is 0 Å². The zero-order valence-electron chi connectivity index (χ0n) is 11.3. The zero-order valence-corrected chi connectivity index (χ0v) is 12.9. The monoisotopic (exact) mass is 337 g/mol. The van der Waals surface area contributed by atoms with Crippen molar-refractivity contribution in [2.45, 2.75) is 12.5 Å². The fourth-order valence-electron chi connectivity index (χ4n) is 1.95. The molecule has 1 aromatic carbocycles. The van der Waals surface area contributed by atoms with Crippen LogP contribution in [-0.2, 0) is 6.42 Å². The first-order valence-corrected chi connectivity index (χ1v) is 6.94. The van der Waals surface area contributed by atoms with Gasteiger partial charge < -0.3 is 14.6 Å². The van der Waals surface area contributed by atoms with E-state index in [1.165, 1.54) is 0 Å². The standard InChI is InChI=1S/C15H16BrNO3/c1-19-14-8-11(12(16)9-15(14)20-2)13(18)7-10-5-3-4-6-17-10/h3-6,8-9,13,18H,7H2,1-2H3. The molecule has 20 heavy (non-hydrogen) atoms. The number of aliphatic hydroxyl groups excluding tert-OH is 1. The van der Waals surface area contributed by atoms with Crippen LogP contribution < -0.4 is 9.47 Å². The Bertz CT molecular complexity index is 575. The van der Waals surface area contributed by atoms with E-state index >= 15 is 0 Å². The second-order valence-electron chi connectivity index (χ2n) is 4.27. The van der Waals surface area contributed by atoms with Crippen molar-refractivity contribution in [1.82, 2.24) is 4.98 Å². The maximum atomic E-state index is 10.4. The first-order valence-electron chi connectivity index (χ1n) is 6.15. The van der Waals surface area contributed by atoms with Crippen molar-refractivity contribution in [2.24, 2.45) is 0 Å². The fourth-order valence-corrected chi connectivity index (χ4v) is 2.54. The summed E-state index contributed by atoms with van der Waals surface area (Å²) in [6, 6.07) is 9.20. The number of hydrogen-bond donors (Lipinski definition) is 1.